The van der Waals surface area contributed by atoms with Crippen LogP contribution < -0.4 is 10.2 Å². The first-order valence-corrected chi connectivity index (χ1v) is 9.92. The molecule has 2 aromatic carbocycles. The molecule has 0 bridgehead atoms. The van der Waals surface area contributed by atoms with Gasteiger partial charge in [-0.05, 0) is 55.7 Å². The van der Waals surface area contributed by atoms with Crippen LogP contribution in [0, 0.1) is 5.82 Å². The number of carbonyl (C=O) groups excluding carboxylic acids is 1. The number of imidazole rings is 1. The van der Waals surface area contributed by atoms with E-state index in [4.69, 9.17) is 4.98 Å². The molecule has 0 aliphatic carbocycles. The summed E-state index contributed by atoms with van der Waals surface area (Å²) in [4.78, 5) is 19.5. The first-order valence-electron chi connectivity index (χ1n) is 9.92. The van der Waals surface area contributed by atoms with Crippen molar-refractivity contribution in [1.29, 1.82) is 0 Å². The number of rotatable bonds is 5. The number of para-hydroxylation sites is 2. The first-order chi connectivity index (χ1) is 13.7. The Morgan fingerprint density at radius 3 is 2.57 bits per heavy atom. The van der Waals surface area contributed by atoms with E-state index in [-0.39, 0.29) is 17.8 Å². The van der Waals surface area contributed by atoms with Crippen LogP contribution in [0.3, 0.4) is 0 Å². The van der Waals surface area contributed by atoms with Gasteiger partial charge in [0.15, 0.2) is 0 Å². The average molecular weight is 380 g/mol. The molecule has 2 heterocycles. The summed E-state index contributed by atoms with van der Waals surface area (Å²) in [5.41, 5.74) is 2.69. The number of halogens is 1. The second-order valence-electron chi connectivity index (χ2n) is 7.29. The van der Waals surface area contributed by atoms with E-state index in [1.54, 1.807) is 0 Å². The van der Waals surface area contributed by atoms with E-state index in [1.165, 1.54) is 29.8 Å². The van der Waals surface area contributed by atoms with Gasteiger partial charge in [-0.15, -0.1) is 0 Å². The van der Waals surface area contributed by atoms with E-state index in [0.717, 1.165) is 50.4 Å². The van der Waals surface area contributed by atoms with Crippen molar-refractivity contribution in [2.75, 3.05) is 18.0 Å². The fraction of sp³-hybridized carbons (Fsp3) is 0.364. The van der Waals surface area contributed by atoms with E-state index in [0.29, 0.717) is 5.56 Å². The number of benzene rings is 2. The lowest BCUT2D eigenvalue weighted by Gasteiger charge is -2.33. The van der Waals surface area contributed by atoms with Crippen molar-refractivity contribution in [2.45, 2.75) is 38.8 Å². The number of carbonyl (C=O) groups is 1. The van der Waals surface area contributed by atoms with Gasteiger partial charge in [0, 0.05) is 31.2 Å². The van der Waals surface area contributed by atoms with Crippen LogP contribution in [0.2, 0.25) is 0 Å². The molecular weight excluding hydrogens is 355 g/mol. The van der Waals surface area contributed by atoms with E-state index in [2.05, 4.69) is 39.9 Å². The van der Waals surface area contributed by atoms with Crippen molar-refractivity contribution < 1.29 is 9.18 Å². The number of hydrogen-bond donors (Lipinski definition) is 1. The van der Waals surface area contributed by atoms with E-state index < -0.39 is 0 Å². The van der Waals surface area contributed by atoms with Crippen LogP contribution in [-0.4, -0.2) is 34.6 Å². The van der Waals surface area contributed by atoms with Crippen molar-refractivity contribution >= 4 is 22.9 Å². The lowest BCUT2D eigenvalue weighted by atomic mass is 10.0. The largest absolute Gasteiger partial charge is 0.349 e. The third-order valence-corrected chi connectivity index (χ3v) is 5.30. The number of aromatic nitrogens is 2. The first kappa shape index (κ1) is 18.5. The molecule has 1 aromatic heterocycles. The van der Waals surface area contributed by atoms with E-state index in [9.17, 15) is 9.18 Å². The maximum atomic E-state index is 13.0. The van der Waals surface area contributed by atoms with Crippen LogP contribution in [0.15, 0.2) is 48.5 Å². The number of fused-ring (bicyclic) bond motifs is 1. The van der Waals surface area contributed by atoms with Crippen molar-refractivity contribution in [1.82, 2.24) is 14.9 Å². The Morgan fingerprint density at radius 2 is 1.86 bits per heavy atom. The smallest absolute Gasteiger partial charge is 0.251 e. The highest BCUT2D eigenvalue weighted by Crippen LogP contribution is 2.25. The number of amides is 1. The lowest BCUT2D eigenvalue weighted by molar-refractivity contribution is 0.0931. The highest BCUT2D eigenvalue weighted by atomic mass is 19.1. The Labute approximate surface area is 164 Å². The molecule has 0 saturated carbocycles. The summed E-state index contributed by atoms with van der Waals surface area (Å²) in [5, 5.41) is 3.08. The van der Waals surface area contributed by atoms with Gasteiger partial charge in [-0.1, -0.05) is 19.1 Å². The van der Waals surface area contributed by atoms with Crippen molar-refractivity contribution in [3.05, 3.63) is 59.9 Å². The number of aryl methyl sites for hydroxylation is 1. The fourth-order valence-corrected chi connectivity index (χ4v) is 3.84. The Balaban J connectivity index is 1.43. The Bertz CT molecular complexity index is 958. The number of piperidine rings is 1. The number of anilines is 1. The van der Waals surface area contributed by atoms with E-state index >= 15 is 0 Å². The maximum absolute atomic E-state index is 13.0. The van der Waals surface area contributed by atoms with Gasteiger partial charge in [-0.2, -0.15) is 0 Å². The predicted octanol–water partition coefficient (Wildman–Crippen LogP) is 3.98. The summed E-state index contributed by atoms with van der Waals surface area (Å²) in [6, 6.07) is 14.0. The van der Waals surface area contributed by atoms with Gasteiger partial charge < -0.3 is 14.8 Å². The monoisotopic (exact) mass is 380 g/mol. The summed E-state index contributed by atoms with van der Waals surface area (Å²) in [6.45, 7) is 4.82. The lowest BCUT2D eigenvalue weighted by Crippen LogP contribution is -2.45. The van der Waals surface area contributed by atoms with Gasteiger partial charge in [0.25, 0.3) is 5.91 Å². The SMILES string of the molecule is CCCn1c(N2CCC(NC(=O)c3ccc(F)cc3)CC2)nc2ccccc21. The molecule has 28 heavy (non-hydrogen) atoms. The summed E-state index contributed by atoms with van der Waals surface area (Å²) >= 11 is 0. The van der Waals surface area contributed by atoms with Crippen molar-refractivity contribution in [2.24, 2.45) is 0 Å². The molecule has 0 unspecified atom stereocenters. The highest BCUT2D eigenvalue weighted by molar-refractivity contribution is 5.94. The zero-order valence-corrected chi connectivity index (χ0v) is 16.1. The fourth-order valence-electron chi connectivity index (χ4n) is 3.84. The van der Waals surface area contributed by atoms with Gasteiger partial charge in [0.2, 0.25) is 5.95 Å². The molecule has 1 aliphatic heterocycles. The molecular formula is C22H25FN4O. The third kappa shape index (κ3) is 3.72. The van der Waals surface area contributed by atoms with Crippen LogP contribution in [0.1, 0.15) is 36.5 Å². The molecule has 0 atom stereocenters. The molecule has 146 valence electrons. The van der Waals surface area contributed by atoms with Gasteiger partial charge in [0.05, 0.1) is 11.0 Å². The van der Waals surface area contributed by atoms with Crippen LogP contribution in [0.25, 0.3) is 11.0 Å². The Kier molecular flexibility index (Phi) is 5.28. The quantitative estimate of drug-likeness (QED) is 0.728. The van der Waals surface area contributed by atoms with Gasteiger partial charge >= 0.3 is 0 Å². The molecule has 1 amide bonds. The third-order valence-electron chi connectivity index (χ3n) is 5.30. The molecule has 6 heteroatoms. The average Bonchev–Trinajstić information content (AvgIpc) is 3.08. The number of nitrogens with zero attached hydrogens (tertiary/aromatic N) is 3. The minimum Gasteiger partial charge on any atom is -0.349 e. The van der Waals surface area contributed by atoms with Gasteiger partial charge in [0.1, 0.15) is 5.82 Å². The molecule has 1 N–H and O–H groups in total. The molecule has 0 radical (unpaired) electrons. The van der Waals surface area contributed by atoms with Gasteiger partial charge in [-0.3, -0.25) is 4.79 Å². The van der Waals surface area contributed by atoms with Crippen molar-refractivity contribution in [3.8, 4) is 0 Å². The van der Waals surface area contributed by atoms with Crippen LogP contribution in [-0.2, 0) is 6.54 Å². The number of nitrogens with one attached hydrogen (secondary N) is 1. The van der Waals surface area contributed by atoms with Crippen LogP contribution >= 0.6 is 0 Å². The molecule has 1 saturated heterocycles. The molecule has 3 aromatic rings. The normalized spacial score (nSPS) is 15.1. The predicted molar refractivity (Wildman–Crippen MR) is 109 cm³/mol. The Hall–Kier alpha value is -2.89. The minimum atomic E-state index is -0.333. The van der Waals surface area contributed by atoms with Gasteiger partial charge in [-0.25, -0.2) is 9.37 Å². The molecule has 4 rings (SSSR count). The molecule has 1 fully saturated rings. The summed E-state index contributed by atoms with van der Waals surface area (Å²) in [6.07, 6.45) is 2.78. The second-order valence-corrected chi connectivity index (χ2v) is 7.29. The van der Waals surface area contributed by atoms with Crippen LogP contribution in [0.4, 0.5) is 10.3 Å². The topological polar surface area (TPSA) is 50.2 Å². The highest BCUT2D eigenvalue weighted by Gasteiger charge is 2.24. The van der Waals surface area contributed by atoms with E-state index in [1.807, 2.05) is 6.07 Å². The second kappa shape index (κ2) is 8.00. The number of hydrogen-bond acceptors (Lipinski definition) is 3. The molecule has 1 aliphatic rings. The standard InChI is InChI=1S/C22H25FN4O/c1-2-13-27-20-6-4-3-5-19(20)25-22(27)26-14-11-18(12-15-26)24-21(28)16-7-9-17(23)10-8-16/h3-10,18H,2,11-15H2,1H3,(H,24,28). The molecule has 5 nitrogen and oxygen atoms in total. The summed E-state index contributed by atoms with van der Waals surface area (Å²) in [5.74, 6) is 0.544. The molecule has 0 spiro atoms. The van der Waals surface area contributed by atoms with Crippen molar-refractivity contribution in [3.63, 3.8) is 0 Å². The van der Waals surface area contributed by atoms with Crippen LogP contribution in [0.5, 0.6) is 0 Å². The summed E-state index contributed by atoms with van der Waals surface area (Å²) < 4.78 is 15.3. The zero-order valence-electron chi connectivity index (χ0n) is 16.1. The summed E-state index contributed by atoms with van der Waals surface area (Å²) in [7, 11) is 0. The zero-order chi connectivity index (χ0) is 19.5. The Morgan fingerprint density at radius 1 is 1.14 bits per heavy atom. The maximum Gasteiger partial charge on any atom is 0.251 e. The minimum absolute atomic E-state index is 0.123.